The molecule has 1 saturated carbocycles. The summed E-state index contributed by atoms with van der Waals surface area (Å²) >= 11 is 1.29. The number of nitrogens with two attached hydrogens (primary N) is 1. The smallest absolute Gasteiger partial charge is 0.407 e. The first-order valence-electron chi connectivity index (χ1n) is 38.7. The van der Waals surface area contributed by atoms with Crippen LogP contribution in [0, 0.1) is 46.6 Å². The maximum absolute atomic E-state index is 15.1. The number of alkyl carbamates (subject to hydrolysis) is 1. The fourth-order valence-electron chi connectivity index (χ4n) is 14.6. The Balaban J connectivity index is 1.05. The number of thioether (sulfide) groups is 1. The Hall–Kier alpha value is -8.89. The molecule has 0 bridgehead atoms. The van der Waals surface area contributed by atoms with Crippen molar-refractivity contribution >= 4 is 101 Å². The van der Waals surface area contributed by atoms with Crippen molar-refractivity contribution in [2.24, 2.45) is 40.7 Å². The van der Waals surface area contributed by atoms with Crippen molar-refractivity contribution in [1.29, 1.82) is 0 Å². The topological polar surface area (TPSA) is 402 Å². The molecular formula is C78H117F2N13O18S. The Morgan fingerprint density at radius 3 is 1.96 bits per heavy atom. The minimum Gasteiger partial charge on any atom is -0.445 e. The molecule has 2 aromatic rings. The standard InChI is InChI=1S/C78H117F2N13O18S/c1-15-47(8)68(90(12)75(105)66(45(4)5)88-73(103)67(46(6)7)89(10)11)57(108-13)38-62(97)92-41-51(37-56(92)69(109-14)48(9)70(100)82-35-31-52-53(79)21-19-22-54(52)80)85-77(107)110-42-49-25-27-50(28-26-49)84-71(101)55(23-20-34-83-76(81)106)86-72(102)65(44(2)3)87-59(94)24-17-16-18-36-91-63(98)39-58(74(91)104)112-43-78(32-33-78)40-64(99)111-93-60(95)29-30-61(93)96/h19,21-22,25-28,44-48,51,55-58,65-69H,15-18,20,23-24,29-43H2,1-14H3,(H,82,100)(H,84,101)(H,85,107)(H,86,102)(H,87,94)(H,88,103)(H3,81,83,106)/t47-,48+,51-,55?,56-,57+,58?,65-,66-,67-,68?,69+/m0/s1. The number of likely N-dealkylation sites (tertiary alicyclic amines) is 2. The number of unbranched alkanes of at least 4 members (excludes halogenated alkanes) is 2. The van der Waals surface area contributed by atoms with Crippen LogP contribution in [0.2, 0.25) is 0 Å². The van der Waals surface area contributed by atoms with Gasteiger partial charge < -0.3 is 71.8 Å². The minimum atomic E-state index is -1.18. The van der Waals surface area contributed by atoms with Crippen LogP contribution in [0.15, 0.2) is 42.5 Å². The Kier molecular flexibility index (Phi) is 35.6. The summed E-state index contributed by atoms with van der Waals surface area (Å²) in [6.07, 6.45) is 0.214. The van der Waals surface area contributed by atoms with Crippen LogP contribution >= 0.6 is 11.8 Å². The highest BCUT2D eigenvalue weighted by Crippen LogP contribution is 2.52. The maximum Gasteiger partial charge on any atom is 0.407 e. The lowest BCUT2D eigenvalue weighted by Gasteiger charge is -2.41. The van der Waals surface area contributed by atoms with Crippen LogP contribution in [0.3, 0.4) is 0 Å². The first kappa shape index (κ1) is 92.0. The quantitative estimate of drug-likeness (QED) is 0.0304. The lowest BCUT2D eigenvalue weighted by Crippen LogP contribution is -2.59. The molecule has 34 heteroatoms. The van der Waals surface area contributed by atoms with Gasteiger partial charge in [-0.1, -0.05) is 93.4 Å². The van der Waals surface area contributed by atoms with Crippen LogP contribution in [0.5, 0.6) is 0 Å². The number of primary amides is 1. The van der Waals surface area contributed by atoms with E-state index in [4.69, 9.17) is 24.8 Å². The highest BCUT2D eigenvalue weighted by atomic mass is 32.2. The number of benzene rings is 2. The number of nitrogens with zero attached hydrogens (tertiary/aromatic N) is 5. The molecule has 3 saturated heterocycles. The van der Waals surface area contributed by atoms with Crippen molar-refractivity contribution in [3.8, 4) is 0 Å². The fraction of sp³-hybridized carbons (Fsp3) is 0.667. The molecule has 3 unspecified atom stereocenters. The van der Waals surface area contributed by atoms with E-state index in [1.807, 2.05) is 41.5 Å². The number of hydrogen-bond donors (Lipinski definition) is 8. The van der Waals surface area contributed by atoms with Crippen LogP contribution in [0.25, 0.3) is 0 Å². The Bertz CT molecular complexity index is 3600. The van der Waals surface area contributed by atoms with Crippen molar-refractivity contribution in [2.75, 3.05) is 72.6 Å². The number of nitrogens with one attached hydrogen (secondary N) is 7. The number of carbonyl (C=O) groups excluding carboxylic acids is 14. The summed E-state index contributed by atoms with van der Waals surface area (Å²) in [5, 5.41) is 19.3. The highest BCUT2D eigenvalue weighted by Gasteiger charge is 2.50. The number of imide groups is 2. The second-order valence-corrected chi connectivity index (χ2v) is 32.3. The zero-order valence-electron chi connectivity index (χ0n) is 67.1. The number of carbonyl (C=O) groups is 14. The van der Waals surface area contributed by atoms with Crippen LogP contribution in [0.1, 0.15) is 170 Å². The monoisotopic (exact) mass is 1590 g/mol. The van der Waals surface area contributed by atoms with Gasteiger partial charge in [0.25, 0.3) is 11.8 Å². The van der Waals surface area contributed by atoms with Gasteiger partial charge in [0.2, 0.25) is 53.2 Å². The summed E-state index contributed by atoms with van der Waals surface area (Å²) < 4.78 is 47.0. The summed E-state index contributed by atoms with van der Waals surface area (Å²) in [5.41, 5.74) is 5.41. The van der Waals surface area contributed by atoms with E-state index in [9.17, 15) is 71.1 Å². The average molecular weight is 1590 g/mol. The Labute approximate surface area is 659 Å². The molecule has 4 fully saturated rings. The van der Waals surface area contributed by atoms with E-state index in [2.05, 4.69) is 37.2 Å². The molecular weight excluding hydrogens is 1480 g/mol. The zero-order valence-corrected chi connectivity index (χ0v) is 67.9. The molecule has 9 N–H and O–H groups in total. The van der Waals surface area contributed by atoms with E-state index in [0.29, 0.717) is 60.6 Å². The van der Waals surface area contributed by atoms with E-state index >= 15 is 4.79 Å². The van der Waals surface area contributed by atoms with Gasteiger partial charge in [0.05, 0.1) is 60.4 Å². The fourth-order valence-corrected chi connectivity index (χ4v) is 16.0. The SMILES string of the molecule is CC[C@H](C)C([C@@H](CC(=O)N1C[C@@H](NC(=O)OCc2ccc(NC(=O)C(CCCNC(N)=O)NC(=O)[C@@H](NC(=O)CCCCCN3C(=O)CC(SCC4(CC(=O)ON5C(=O)CCC5=O)CC4)C3=O)C(C)C)cc2)C[C@H]1[C@H](OC)[C@@H](C)C(=O)NCCc1c(F)cccc1F)OC)N(C)C(=O)[C@@H](NC(=O)[C@H](C(C)C)N(C)C)C(C)C. The molecule has 0 radical (unpaired) electrons. The molecule has 3 aliphatic heterocycles. The van der Waals surface area contributed by atoms with Gasteiger partial charge in [-0.25, -0.2) is 23.2 Å². The summed E-state index contributed by atoms with van der Waals surface area (Å²) in [5.74, 6) is -9.09. The average Bonchev–Trinajstić information content (AvgIpc) is 1.69. The Morgan fingerprint density at radius 1 is 0.732 bits per heavy atom. The molecule has 12 atom stereocenters. The second-order valence-electron chi connectivity index (χ2n) is 31.1. The number of halogens is 2. The van der Waals surface area contributed by atoms with Gasteiger partial charge in [-0.2, -0.15) is 0 Å². The zero-order chi connectivity index (χ0) is 83.0. The first-order chi connectivity index (χ1) is 52.9. The van der Waals surface area contributed by atoms with Crippen molar-refractivity contribution in [3.63, 3.8) is 0 Å². The number of rotatable bonds is 45. The summed E-state index contributed by atoms with van der Waals surface area (Å²) in [6, 6.07) is 2.94. The number of hydrogen-bond acceptors (Lipinski definition) is 20. The molecule has 6 rings (SSSR count). The largest absolute Gasteiger partial charge is 0.445 e. The molecule has 3 heterocycles. The van der Waals surface area contributed by atoms with E-state index in [1.54, 1.807) is 76.0 Å². The summed E-state index contributed by atoms with van der Waals surface area (Å²) in [7, 11) is 8.04. The number of methoxy groups -OCH3 is 2. The number of hydroxylamine groups is 2. The predicted octanol–water partition coefficient (Wildman–Crippen LogP) is 5.39. The summed E-state index contributed by atoms with van der Waals surface area (Å²) in [6.45, 7) is 16.2. The van der Waals surface area contributed by atoms with Gasteiger partial charge in [0.15, 0.2) is 0 Å². The van der Waals surface area contributed by atoms with Gasteiger partial charge in [-0.05, 0) is 124 Å². The summed E-state index contributed by atoms with van der Waals surface area (Å²) in [4.78, 5) is 198. The molecule has 14 amide bonds. The number of anilines is 1. The lowest BCUT2D eigenvalue weighted by molar-refractivity contribution is -0.198. The molecule has 4 aliphatic rings. The van der Waals surface area contributed by atoms with Crippen molar-refractivity contribution < 1.29 is 95.0 Å². The van der Waals surface area contributed by atoms with E-state index < -0.39 is 148 Å². The number of likely N-dealkylation sites (N-methyl/N-ethyl adjacent to an activating group) is 2. The third-order valence-corrected chi connectivity index (χ3v) is 22.8. The minimum absolute atomic E-state index is 0.00268. The van der Waals surface area contributed by atoms with Crippen molar-refractivity contribution in [3.05, 3.63) is 65.2 Å². The van der Waals surface area contributed by atoms with Crippen LogP contribution in [-0.4, -0.2) is 235 Å². The van der Waals surface area contributed by atoms with Crippen LogP contribution < -0.4 is 43.0 Å². The van der Waals surface area contributed by atoms with Gasteiger partial charge in [0, 0.05) is 90.1 Å². The van der Waals surface area contributed by atoms with Crippen LogP contribution in [-0.2, 0) is 89.6 Å². The molecule has 0 aromatic heterocycles. The number of ether oxygens (including phenoxy) is 3. The first-order valence-corrected chi connectivity index (χ1v) is 39.8. The van der Waals surface area contributed by atoms with E-state index in [-0.39, 0.29) is 144 Å². The number of amides is 14. The van der Waals surface area contributed by atoms with Gasteiger partial charge in [-0.3, -0.25) is 62.5 Å². The number of urea groups is 1. The third kappa shape index (κ3) is 26.3. The van der Waals surface area contributed by atoms with Crippen LogP contribution in [0.4, 0.5) is 24.1 Å². The lowest BCUT2D eigenvalue weighted by atomic mass is 9.89. The molecule has 112 heavy (non-hydrogen) atoms. The third-order valence-electron chi connectivity index (χ3n) is 21.3. The van der Waals surface area contributed by atoms with Gasteiger partial charge in [-0.15, -0.1) is 16.8 Å². The van der Waals surface area contributed by atoms with Gasteiger partial charge >= 0.3 is 18.1 Å². The second kappa shape index (κ2) is 43.4. The molecule has 0 spiro atoms. The highest BCUT2D eigenvalue weighted by molar-refractivity contribution is 8.00. The van der Waals surface area contributed by atoms with E-state index in [1.165, 1.54) is 41.8 Å². The molecule has 31 nitrogen and oxygen atoms in total. The Morgan fingerprint density at radius 2 is 1.38 bits per heavy atom. The normalized spacial score (nSPS) is 19.1. The molecule has 622 valence electrons. The maximum atomic E-state index is 15.1. The molecule has 2 aromatic carbocycles. The van der Waals surface area contributed by atoms with Crippen molar-refractivity contribution in [1.82, 2.24) is 56.6 Å². The van der Waals surface area contributed by atoms with Crippen molar-refractivity contribution in [2.45, 2.75) is 231 Å². The van der Waals surface area contributed by atoms with Gasteiger partial charge in [0.1, 0.15) is 36.4 Å². The predicted molar refractivity (Wildman–Crippen MR) is 411 cm³/mol. The van der Waals surface area contributed by atoms with E-state index in [0.717, 1.165) is 12.1 Å². The molecule has 1 aliphatic carbocycles.